The van der Waals surface area contributed by atoms with Crippen LogP contribution in [0.4, 0.5) is 8.78 Å². The maximum Gasteiger partial charge on any atom is 0.159 e. The standard InChI is InChI=1S/C13H17F2N/c1-8(10-3-4-10)13(16)7-9-2-5-11(14)12(15)6-9/h2,5-6,8,10,13H,3-4,7,16H2,1H3. The van der Waals surface area contributed by atoms with Gasteiger partial charge in [0.1, 0.15) is 0 Å². The number of halogens is 2. The Hall–Kier alpha value is -0.960. The Morgan fingerprint density at radius 3 is 2.56 bits per heavy atom. The molecule has 2 rings (SSSR count). The first-order valence-corrected chi connectivity index (χ1v) is 5.77. The lowest BCUT2D eigenvalue weighted by Crippen LogP contribution is -2.31. The molecule has 1 aliphatic carbocycles. The van der Waals surface area contributed by atoms with Crippen LogP contribution in [0.2, 0.25) is 0 Å². The average molecular weight is 225 g/mol. The molecule has 0 aliphatic heterocycles. The van der Waals surface area contributed by atoms with Gasteiger partial charge in [-0.15, -0.1) is 0 Å². The largest absolute Gasteiger partial charge is 0.327 e. The SMILES string of the molecule is CC(C(N)Cc1ccc(F)c(F)c1)C1CC1. The van der Waals surface area contributed by atoms with E-state index < -0.39 is 11.6 Å². The molecule has 1 nitrogen and oxygen atoms in total. The van der Waals surface area contributed by atoms with Crippen LogP contribution in [0, 0.1) is 23.5 Å². The Balaban J connectivity index is 1.99. The second-order valence-electron chi connectivity index (χ2n) is 4.81. The number of benzene rings is 1. The summed E-state index contributed by atoms with van der Waals surface area (Å²) in [5.74, 6) is -0.384. The van der Waals surface area contributed by atoms with Crippen LogP contribution in [0.25, 0.3) is 0 Å². The second-order valence-corrected chi connectivity index (χ2v) is 4.81. The molecule has 0 radical (unpaired) electrons. The van der Waals surface area contributed by atoms with E-state index in [1.807, 2.05) is 0 Å². The van der Waals surface area contributed by atoms with E-state index in [1.165, 1.54) is 25.0 Å². The van der Waals surface area contributed by atoms with E-state index in [2.05, 4.69) is 6.92 Å². The van der Waals surface area contributed by atoms with Crippen LogP contribution in [0.5, 0.6) is 0 Å². The van der Waals surface area contributed by atoms with Crippen molar-refractivity contribution >= 4 is 0 Å². The van der Waals surface area contributed by atoms with Gasteiger partial charge in [-0.05, 0) is 48.8 Å². The van der Waals surface area contributed by atoms with E-state index in [0.717, 1.165) is 11.5 Å². The van der Waals surface area contributed by atoms with Crippen LogP contribution < -0.4 is 5.73 Å². The maximum absolute atomic E-state index is 13.0. The van der Waals surface area contributed by atoms with Crippen molar-refractivity contribution in [3.63, 3.8) is 0 Å². The predicted molar refractivity (Wildman–Crippen MR) is 59.9 cm³/mol. The molecule has 3 heteroatoms. The molecular weight excluding hydrogens is 208 g/mol. The second kappa shape index (κ2) is 4.50. The van der Waals surface area contributed by atoms with E-state index >= 15 is 0 Å². The molecule has 2 atom stereocenters. The van der Waals surface area contributed by atoms with E-state index in [1.54, 1.807) is 6.07 Å². The van der Waals surface area contributed by atoms with Crippen LogP contribution >= 0.6 is 0 Å². The van der Waals surface area contributed by atoms with E-state index in [9.17, 15) is 8.78 Å². The van der Waals surface area contributed by atoms with Crippen LogP contribution in [0.1, 0.15) is 25.3 Å². The van der Waals surface area contributed by atoms with E-state index in [4.69, 9.17) is 5.73 Å². The third kappa shape index (κ3) is 2.59. The fraction of sp³-hybridized carbons (Fsp3) is 0.538. The van der Waals surface area contributed by atoms with Crippen LogP contribution in [0.15, 0.2) is 18.2 Å². The maximum atomic E-state index is 13.0. The quantitative estimate of drug-likeness (QED) is 0.837. The molecule has 0 bridgehead atoms. The molecule has 1 aromatic carbocycles. The molecule has 0 amide bonds. The number of rotatable bonds is 4. The Bertz CT molecular complexity index is 374. The molecule has 2 unspecified atom stereocenters. The highest BCUT2D eigenvalue weighted by atomic mass is 19.2. The molecule has 1 aliphatic rings. The third-order valence-electron chi connectivity index (χ3n) is 3.50. The Morgan fingerprint density at radius 2 is 2.00 bits per heavy atom. The van der Waals surface area contributed by atoms with Gasteiger partial charge in [0.15, 0.2) is 11.6 Å². The van der Waals surface area contributed by atoms with Crippen molar-refractivity contribution in [3.05, 3.63) is 35.4 Å². The van der Waals surface area contributed by atoms with Crippen molar-refractivity contribution in [3.8, 4) is 0 Å². The number of hydrogen-bond donors (Lipinski definition) is 1. The summed E-state index contributed by atoms with van der Waals surface area (Å²) < 4.78 is 25.7. The molecule has 1 fully saturated rings. The summed E-state index contributed by atoms with van der Waals surface area (Å²) in [6, 6.07) is 4.06. The van der Waals surface area contributed by atoms with Gasteiger partial charge >= 0.3 is 0 Å². The molecule has 1 aromatic rings. The van der Waals surface area contributed by atoms with Crippen molar-refractivity contribution in [1.29, 1.82) is 0 Å². The smallest absolute Gasteiger partial charge is 0.159 e. The van der Waals surface area contributed by atoms with Crippen molar-refractivity contribution in [2.75, 3.05) is 0 Å². The van der Waals surface area contributed by atoms with Crippen molar-refractivity contribution < 1.29 is 8.78 Å². The predicted octanol–water partition coefficient (Wildman–Crippen LogP) is 2.88. The zero-order valence-electron chi connectivity index (χ0n) is 9.42. The molecule has 2 N–H and O–H groups in total. The minimum atomic E-state index is -0.799. The Labute approximate surface area is 94.7 Å². The lowest BCUT2D eigenvalue weighted by Gasteiger charge is -2.19. The van der Waals surface area contributed by atoms with E-state index in [-0.39, 0.29) is 6.04 Å². The van der Waals surface area contributed by atoms with Crippen molar-refractivity contribution in [1.82, 2.24) is 0 Å². The molecule has 0 saturated heterocycles. The van der Waals surface area contributed by atoms with Gasteiger partial charge in [-0.25, -0.2) is 8.78 Å². The molecule has 0 spiro atoms. The Kier molecular flexibility index (Phi) is 3.24. The molecule has 16 heavy (non-hydrogen) atoms. The molecule has 1 saturated carbocycles. The fourth-order valence-electron chi connectivity index (χ4n) is 2.10. The Morgan fingerprint density at radius 1 is 1.31 bits per heavy atom. The monoisotopic (exact) mass is 225 g/mol. The first-order valence-electron chi connectivity index (χ1n) is 5.77. The van der Waals surface area contributed by atoms with Gasteiger partial charge in [0.05, 0.1) is 0 Å². The van der Waals surface area contributed by atoms with Crippen LogP contribution in [-0.4, -0.2) is 6.04 Å². The molecule has 88 valence electrons. The van der Waals surface area contributed by atoms with Gasteiger partial charge in [-0.2, -0.15) is 0 Å². The van der Waals surface area contributed by atoms with Gasteiger partial charge in [-0.3, -0.25) is 0 Å². The molecular formula is C13H17F2N. The van der Waals surface area contributed by atoms with Gasteiger partial charge in [-0.1, -0.05) is 13.0 Å². The molecule has 0 aromatic heterocycles. The van der Waals surface area contributed by atoms with Gasteiger partial charge in [0.25, 0.3) is 0 Å². The zero-order valence-corrected chi connectivity index (χ0v) is 9.42. The fourth-order valence-corrected chi connectivity index (χ4v) is 2.10. The topological polar surface area (TPSA) is 26.0 Å². The van der Waals surface area contributed by atoms with Crippen molar-refractivity contribution in [2.24, 2.45) is 17.6 Å². The summed E-state index contributed by atoms with van der Waals surface area (Å²) in [5.41, 5.74) is 6.84. The normalized spacial score (nSPS) is 19.5. The van der Waals surface area contributed by atoms with Gasteiger partial charge < -0.3 is 5.73 Å². The summed E-state index contributed by atoms with van der Waals surface area (Å²) in [6.07, 6.45) is 3.13. The number of nitrogens with two attached hydrogens (primary N) is 1. The minimum absolute atomic E-state index is 0.0392. The zero-order chi connectivity index (χ0) is 11.7. The third-order valence-corrected chi connectivity index (χ3v) is 3.50. The van der Waals surface area contributed by atoms with E-state index in [0.29, 0.717) is 12.3 Å². The number of hydrogen-bond acceptors (Lipinski definition) is 1. The minimum Gasteiger partial charge on any atom is -0.327 e. The highest BCUT2D eigenvalue weighted by Crippen LogP contribution is 2.38. The first-order chi connectivity index (χ1) is 7.58. The highest BCUT2D eigenvalue weighted by Gasteiger charge is 2.31. The van der Waals surface area contributed by atoms with Gasteiger partial charge in [0, 0.05) is 6.04 Å². The lowest BCUT2D eigenvalue weighted by molar-refractivity contribution is 0.403. The highest BCUT2D eigenvalue weighted by molar-refractivity contribution is 5.19. The average Bonchev–Trinajstić information content (AvgIpc) is 3.06. The van der Waals surface area contributed by atoms with Crippen LogP contribution in [-0.2, 0) is 6.42 Å². The lowest BCUT2D eigenvalue weighted by atomic mass is 9.92. The molecule has 0 heterocycles. The van der Waals surface area contributed by atoms with Crippen LogP contribution in [0.3, 0.4) is 0 Å². The van der Waals surface area contributed by atoms with Crippen molar-refractivity contribution in [2.45, 2.75) is 32.2 Å². The summed E-state index contributed by atoms with van der Waals surface area (Å²) in [4.78, 5) is 0. The summed E-state index contributed by atoms with van der Waals surface area (Å²) in [6.45, 7) is 2.14. The summed E-state index contributed by atoms with van der Waals surface area (Å²) >= 11 is 0. The van der Waals surface area contributed by atoms with Gasteiger partial charge in [0.2, 0.25) is 0 Å². The summed E-state index contributed by atoms with van der Waals surface area (Å²) in [7, 11) is 0. The first kappa shape index (κ1) is 11.5. The summed E-state index contributed by atoms with van der Waals surface area (Å²) in [5, 5.41) is 0.